The van der Waals surface area contributed by atoms with Gasteiger partial charge in [0.25, 0.3) is 6.47 Å². The summed E-state index contributed by atoms with van der Waals surface area (Å²) in [5.41, 5.74) is 0.639. The molecular weight excluding hydrogens is 492 g/mol. The maximum Gasteiger partial charge on any atom is 0.343 e. The van der Waals surface area contributed by atoms with Crippen LogP contribution in [0.15, 0.2) is 35.9 Å². The molecule has 0 saturated carbocycles. The van der Waals surface area contributed by atoms with E-state index in [4.69, 9.17) is 18.9 Å². The lowest BCUT2D eigenvalue weighted by Gasteiger charge is -2.33. The summed E-state index contributed by atoms with van der Waals surface area (Å²) < 4.78 is 23.1. The van der Waals surface area contributed by atoms with Gasteiger partial charge >= 0.3 is 5.97 Å². The summed E-state index contributed by atoms with van der Waals surface area (Å²) in [5, 5.41) is 1.39. The summed E-state index contributed by atoms with van der Waals surface area (Å²) in [5.74, 6) is 0.836. The largest absolute Gasteiger partial charge is 0.428 e. The lowest BCUT2D eigenvalue weighted by Crippen LogP contribution is -2.43. The van der Waals surface area contributed by atoms with E-state index in [1.54, 1.807) is 21.0 Å². The first-order valence-corrected chi connectivity index (χ1v) is 13.8. The lowest BCUT2D eigenvalue weighted by molar-refractivity contribution is -0.166. The number of benzene rings is 2. The van der Waals surface area contributed by atoms with Gasteiger partial charge in [0.1, 0.15) is 11.5 Å². The number of ether oxygens (including phenoxy) is 4. The third kappa shape index (κ3) is 8.64. The fourth-order valence-electron chi connectivity index (χ4n) is 4.06. The Balaban J connectivity index is 0.00000371. The Bertz CT molecular complexity index is 1150. The minimum Gasteiger partial charge on any atom is -0.428 e. The van der Waals surface area contributed by atoms with Crippen molar-refractivity contribution in [3.8, 4) is 11.5 Å². The highest BCUT2D eigenvalue weighted by Crippen LogP contribution is 2.47. The van der Waals surface area contributed by atoms with Crippen molar-refractivity contribution < 1.29 is 28.5 Å². The van der Waals surface area contributed by atoms with Gasteiger partial charge in [-0.25, -0.2) is 4.79 Å². The average Bonchev–Trinajstić information content (AvgIpc) is 2.89. The van der Waals surface area contributed by atoms with E-state index < -0.39 is 22.6 Å². The second-order valence-corrected chi connectivity index (χ2v) is 11.8. The fourth-order valence-corrected chi connectivity index (χ4v) is 4.06. The first-order valence-electron chi connectivity index (χ1n) is 13.8. The number of rotatable bonds is 12. The molecule has 0 radical (unpaired) electrons. The van der Waals surface area contributed by atoms with Gasteiger partial charge in [-0.2, -0.15) is 0 Å². The molecule has 0 atom stereocenters. The van der Waals surface area contributed by atoms with Crippen molar-refractivity contribution in [2.75, 3.05) is 13.7 Å². The van der Waals surface area contributed by atoms with E-state index in [0.717, 1.165) is 11.1 Å². The number of esters is 1. The predicted octanol–water partition coefficient (Wildman–Crippen LogP) is 8.11. The smallest absolute Gasteiger partial charge is 0.343 e. The molecule has 218 valence electrons. The second kappa shape index (κ2) is 14.1. The SMILES string of the molecule is CC.COC(C)(C)COC(C)(C)C(=O)Oc1c(C(C)(C)C/C=C(\C)C(C)C)c(C)c(OC=O)c2ccccc12. The van der Waals surface area contributed by atoms with E-state index in [2.05, 4.69) is 40.7 Å². The van der Waals surface area contributed by atoms with E-state index in [1.165, 1.54) is 5.57 Å². The molecule has 2 rings (SSSR count). The van der Waals surface area contributed by atoms with Crippen molar-refractivity contribution >= 4 is 23.2 Å². The molecule has 6 nitrogen and oxygen atoms in total. The second-order valence-electron chi connectivity index (χ2n) is 11.8. The molecule has 0 aliphatic heterocycles. The molecule has 2 aromatic carbocycles. The average molecular weight is 543 g/mol. The van der Waals surface area contributed by atoms with Crippen LogP contribution in [0.4, 0.5) is 0 Å². The molecule has 0 aliphatic rings. The van der Waals surface area contributed by atoms with E-state index in [0.29, 0.717) is 41.1 Å². The van der Waals surface area contributed by atoms with Crippen molar-refractivity contribution in [1.29, 1.82) is 0 Å². The Labute approximate surface area is 236 Å². The third-order valence-corrected chi connectivity index (χ3v) is 7.07. The summed E-state index contributed by atoms with van der Waals surface area (Å²) >= 11 is 0. The van der Waals surface area contributed by atoms with Crippen LogP contribution in [0, 0.1) is 12.8 Å². The Kier molecular flexibility index (Phi) is 12.4. The van der Waals surface area contributed by atoms with Crippen LogP contribution in [0.5, 0.6) is 11.5 Å². The van der Waals surface area contributed by atoms with Crippen molar-refractivity contribution in [2.24, 2.45) is 5.92 Å². The number of methoxy groups -OCH3 is 1. The highest BCUT2D eigenvalue weighted by molar-refractivity contribution is 5.99. The minimum atomic E-state index is -1.22. The van der Waals surface area contributed by atoms with Crippen LogP contribution < -0.4 is 9.47 Å². The molecule has 0 heterocycles. The van der Waals surface area contributed by atoms with E-state index >= 15 is 0 Å². The molecule has 0 N–H and O–H groups in total. The fraction of sp³-hybridized carbons (Fsp3) is 0.576. The molecule has 0 fully saturated rings. The normalized spacial score (nSPS) is 12.7. The molecule has 0 spiro atoms. The molecule has 6 heteroatoms. The van der Waals surface area contributed by atoms with Crippen molar-refractivity contribution in [2.45, 2.75) is 106 Å². The van der Waals surface area contributed by atoms with Crippen molar-refractivity contribution in [1.82, 2.24) is 0 Å². The quantitative estimate of drug-likeness (QED) is 0.117. The van der Waals surface area contributed by atoms with Crippen LogP contribution in [0.1, 0.15) is 93.7 Å². The number of carbonyl (C=O) groups is 2. The number of carbonyl (C=O) groups excluding carboxylic acids is 2. The van der Waals surface area contributed by atoms with E-state index in [-0.39, 0.29) is 6.61 Å². The summed E-state index contributed by atoms with van der Waals surface area (Å²) in [7, 11) is 1.61. The van der Waals surface area contributed by atoms with Gasteiger partial charge in [0.15, 0.2) is 5.60 Å². The predicted molar refractivity (Wildman–Crippen MR) is 160 cm³/mol. The molecule has 0 bridgehead atoms. The van der Waals surface area contributed by atoms with E-state index in [1.807, 2.05) is 58.9 Å². The van der Waals surface area contributed by atoms with Gasteiger partial charge in [-0.3, -0.25) is 4.79 Å². The summed E-state index contributed by atoms with van der Waals surface area (Å²) in [4.78, 5) is 25.0. The zero-order valence-electron chi connectivity index (χ0n) is 26.4. The van der Waals surface area contributed by atoms with Crippen LogP contribution in [-0.2, 0) is 24.5 Å². The molecule has 0 aliphatic carbocycles. The standard InChI is InChI=1S/C31H44O6.C2H6/c1-20(2)21(3)16-17-29(5,6)25-22(4)26(35-19-32)23-14-12-13-15-24(23)27(25)37-28(33)31(9,10)36-18-30(7,8)34-11;1-2/h12-16,19-20H,17-18H2,1-11H3;1-2H3/b21-16+;. The van der Waals surface area contributed by atoms with Gasteiger partial charge in [-0.05, 0) is 64.9 Å². The van der Waals surface area contributed by atoms with Crippen LogP contribution in [0.25, 0.3) is 10.8 Å². The Morgan fingerprint density at radius 1 is 0.974 bits per heavy atom. The van der Waals surface area contributed by atoms with Gasteiger partial charge in [0, 0.05) is 23.4 Å². The van der Waals surface area contributed by atoms with Crippen molar-refractivity contribution in [3.05, 3.63) is 47.0 Å². The monoisotopic (exact) mass is 542 g/mol. The molecule has 0 aromatic heterocycles. The lowest BCUT2D eigenvalue weighted by atomic mass is 9.76. The topological polar surface area (TPSA) is 71.1 Å². The van der Waals surface area contributed by atoms with Crippen LogP contribution >= 0.6 is 0 Å². The van der Waals surface area contributed by atoms with Gasteiger partial charge in [-0.15, -0.1) is 0 Å². The van der Waals surface area contributed by atoms with E-state index in [9.17, 15) is 9.59 Å². The summed E-state index contributed by atoms with van der Waals surface area (Å²) in [6, 6.07) is 7.49. The highest BCUT2D eigenvalue weighted by Gasteiger charge is 2.37. The summed E-state index contributed by atoms with van der Waals surface area (Å²) in [6.45, 7) is 24.4. The van der Waals surface area contributed by atoms with Crippen molar-refractivity contribution in [3.63, 3.8) is 0 Å². The number of fused-ring (bicyclic) bond motifs is 1. The molecule has 0 unspecified atom stereocenters. The number of hydrogen-bond acceptors (Lipinski definition) is 6. The molecular formula is C33H50O6. The molecule has 2 aromatic rings. The zero-order valence-corrected chi connectivity index (χ0v) is 26.4. The van der Waals surface area contributed by atoms with Gasteiger partial charge < -0.3 is 18.9 Å². The number of allylic oxidation sites excluding steroid dienone is 2. The first kappa shape index (κ1) is 34.3. The Morgan fingerprint density at radius 2 is 1.51 bits per heavy atom. The minimum absolute atomic E-state index is 0.217. The van der Waals surface area contributed by atoms with Gasteiger partial charge in [0.2, 0.25) is 0 Å². The zero-order chi connectivity index (χ0) is 30.2. The third-order valence-electron chi connectivity index (χ3n) is 7.07. The van der Waals surface area contributed by atoms with Crippen LogP contribution in [-0.4, -0.2) is 37.4 Å². The molecule has 0 amide bonds. The van der Waals surface area contributed by atoms with Gasteiger partial charge in [-0.1, -0.05) is 77.5 Å². The maximum atomic E-state index is 13.6. The Hall–Kier alpha value is -2.70. The summed E-state index contributed by atoms with van der Waals surface area (Å²) in [6.07, 6.45) is 2.94. The maximum absolute atomic E-state index is 13.6. The molecule has 39 heavy (non-hydrogen) atoms. The van der Waals surface area contributed by atoms with Crippen LogP contribution in [0.2, 0.25) is 0 Å². The first-order chi connectivity index (χ1) is 18.1. The number of hydrogen-bond donors (Lipinski definition) is 0. The highest BCUT2D eigenvalue weighted by atomic mass is 16.6. The Morgan fingerprint density at radius 3 is 2.00 bits per heavy atom. The van der Waals surface area contributed by atoms with Gasteiger partial charge in [0.05, 0.1) is 12.2 Å². The van der Waals surface area contributed by atoms with Crippen LogP contribution in [0.3, 0.4) is 0 Å². The molecule has 0 saturated heterocycles.